The number of rotatable bonds is 7. The second kappa shape index (κ2) is 11.3. The van der Waals surface area contributed by atoms with Crippen molar-refractivity contribution >= 4 is 29.9 Å². The highest BCUT2D eigenvalue weighted by molar-refractivity contribution is 14.0. The number of furan rings is 1. The molecular weight excluding hydrogens is 505 g/mol. The number of aromatic nitrogens is 3. The number of aliphatic imine (C=N–C) groups is 1. The Bertz CT molecular complexity index is 970. The molecule has 0 fully saturated rings. The van der Waals surface area contributed by atoms with Crippen LogP contribution in [0.4, 0.5) is 0 Å². The number of nitrogens with one attached hydrogen (secondary N) is 2. The fourth-order valence-corrected chi connectivity index (χ4v) is 3.82. The molecule has 3 aromatic rings. The van der Waals surface area contributed by atoms with Crippen LogP contribution in [0.3, 0.4) is 0 Å². The summed E-state index contributed by atoms with van der Waals surface area (Å²) in [6.45, 7) is 3.15. The summed E-state index contributed by atoms with van der Waals surface area (Å²) in [5, 5.41) is 11.3. The lowest BCUT2D eigenvalue weighted by Gasteiger charge is -2.25. The Balaban J connectivity index is 0.00000272. The zero-order valence-electron chi connectivity index (χ0n) is 18.0. The normalized spacial score (nSPS) is 16.0. The predicted molar refractivity (Wildman–Crippen MR) is 131 cm³/mol. The fraction of sp³-hybridized carbons (Fsp3) is 0.409. The molecule has 2 N–H and O–H groups in total. The molecule has 1 aliphatic heterocycles. The second-order valence-electron chi connectivity index (χ2n) is 7.68. The highest BCUT2D eigenvalue weighted by Gasteiger charge is 2.20. The van der Waals surface area contributed by atoms with E-state index in [1.807, 2.05) is 23.9 Å². The van der Waals surface area contributed by atoms with Gasteiger partial charge in [-0.3, -0.25) is 9.89 Å². The van der Waals surface area contributed by atoms with Gasteiger partial charge in [0.15, 0.2) is 5.96 Å². The van der Waals surface area contributed by atoms with E-state index in [2.05, 4.69) is 61.9 Å². The Kier molecular flexibility index (Phi) is 8.47. The molecule has 1 atom stereocenters. The van der Waals surface area contributed by atoms with E-state index in [0.29, 0.717) is 12.6 Å². The van der Waals surface area contributed by atoms with Crippen LogP contribution in [-0.2, 0) is 32.6 Å². The Labute approximate surface area is 200 Å². The Hall–Kier alpha value is -2.40. The summed E-state index contributed by atoms with van der Waals surface area (Å²) in [6, 6.07) is 12.7. The number of benzene rings is 1. The van der Waals surface area contributed by atoms with Crippen molar-refractivity contribution in [1.82, 2.24) is 30.3 Å². The number of hydrogen-bond donors (Lipinski definition) is 2. The van der Waals surface area contributed by atoms with Crippen molar-refractivity contribution in [2.24, 2.45) is 4.99 Å². The van der Waals surface area contributed by atoms with Crippen LogP contribution in [0.2, 0.25) is 0 Å². The van der Waals surface area contributed by atoms with Crippen LogP contribution in [0.5, 0.6) is 0 Å². The van der Waals surface area contributed by atoms with Gasteiger partial charge in [-0.2, -0.15) is 5.10 Å². The molecule has 0 spiro atoms. The molecule has 0 radical (unpaired) electrons. The highest BCUT2D eigenvalue weighted by Crippen LogP contribution is 2.14. The van der Waals surface area contributed by atoms with E-state index in [4.69, 9.17) is 4.42 Å². The smallest absolute Gasteiger partial charge is 0.191 e. The first-order valence-electron chi connectivity index (χ1n) is 10.3. The molecule has 31 heavy (non-hydrogen) atoms. The van der Waals surface area contributed by atoms with Crippen LogP contribution in [0, 0.1) is 0 Å². The van der Waals surface area contributed by atoms with Gasteiger partial charge in [-0.15, -0.1) is 24.0 Å². The standard InChI is InChI=1S/C22H29N7O.HI/c1-23-22(27-19-9-10-21-25-16-26-29(21)14-19)24-12-17-6-3-4-7-18(17)13-28(2)15-20-8-5-11-30-20;/h3-8,11,16,19H,9-10,12-15H2,1-2H3,(H2,23,24,27);1H. The van der Waals surface area contributed by atoms with Crippen molar-refractivity contribution in [3.05, 3.63) is 71.7 Å². The van der Waals surface area contributed by atoms with E-state index in [9.17, 15) is 0 Å². The molecule has 0 saturated carbocycles. The molecule has 0 aliphatic carbocycles. The number of fused-ring (bicyclic) bond motifs is 1. The van der Waals surface area contributed by atoms with E-state index < -0.39 is 0 Å². The molecular formula is C22H30IN7O. The van der Waals surface area contributed by atoms with Gasteiger partial charge >= 0.3 is 0 Å². The Morgan fingerprint density at radius 3 is 2.84 bits per heavy atom. The van der Waals surface area contributed by atoms with Gasteiger partial charge in [-0.05, 0) is 36.7 Å². The Morgan fingerprint density at radius 2 is 2.06 bits per heavy atom. The average Bonchev–Trinajstić information content (AvgIpc) is 3.43. The number of aryl methyl sites for hydroxylation is 1. The van der Waals surface area contributed by atoms with E-state index >= 15 is 0 Å². The van der Waals surface area contributed by atoms with E-state index in [0.717, 1.165) is 50.0 Å². The van der Waals surface area contributed by atoms with E-state index in [-0.39, 0.29) is 24.0 Å². The third kappa shape index (κ3) is 6.30. The van der Waals surface area contributed by atoms with E-state index in [1.54, 1.807) is 12.6 Å². The molecule has 0 saturated heterocycles. The van der Waals surface area contributed by atoms with Gasteiger partial charge in [0.1, 0.15) is 17.9 Å². The maximum atomic E-state index is 5.47. The number of halogens is 1. The first kappa shape index (κ1) is 23.3. The molecule has 3 heterocycles. The molecule has 1 aliphatic rings. The van der Waals surface area contributed by atoms with Crippen LogP contribution in [-0.4, -0.2) is 45.8 Å². The first-order valence-corrected chi connectivity index (χ1v) is 10.3. The average molecular weight is 535 g/mol. The predicted octanol–water partition coefficient (Wildman–Crippen LogP) is 2.80. The van der Waals surface area contributed by atoms with Gasteiger partial charge in [-0.25, -0.2) is 9.67 Å². The van der Waals surface area contributed by atoms with Gasteiger partial charge in [0.25, 0.3) is 0 Å². The quantitative estimate of drug-likeness (QED) is 0.275. The van der Waals surface area contributed by atoms with Crippen molar-refractivity contribution in [3.63, 3.8) is 0 Å². The second-order valence-corrected chi connectivity index (χ2v) is 7.68. The molecule has 0 bridgehead atoms. The van der Waals surface area contributed by atoms with Crippen LogP contribution < -0.4 is 10.6 Å². The molecule has 1 unspecified atom stereocenters. The zero-order chi connectivity index (χ0) is 20.8. The van der Waals surface area contributed by atoms with Crippen molar-refractivity contribution < 1.29 is 4.42 Å². The zero-order valence-corrected chi connectivity index (χ0v) is 20.3. The molecule has 1 aromatic carbocycles. The summed E-state index contributed by atoms with van der Waals surface area (Å²) in [5.74, 6) is 2.84. The summed E-state index contributed by atoms with van der Waals surface area (Å²) >= 11 is 0. The maximum Gasteiger partial charge on any atom is 0.191 e. The fourth-order valence-electron chi connectivity index (χ4n) is 3.82. The molecule has 166 valence electrons. The van der Waals surface area contributed by atoms with Gasteiger partial charge < -0.3 is 15.1 Å². The molecule has 8 nitrogen and oxygen atoms in total. The maximum absolute atomic E-state index is 5.47. The van der Waals surface area contributed by atoms with Gasteiger partial charge in [0, 0.05) is 32.6 Å². The minimum absolute atomic E-state index is 0. The van der Waals surface area contributed by atoms with Gasteiger partial charge in [0.2, 0.25) is 0 Å². The van der Waals surface area contributed by atoms with Crippen LogP contribution >= 0.6 is 24.0 Å². The SMILES string of the molecule is CN=C(NCc1ccccc1CN(C)Cc1ccco1)NC1CCc2ncnn2C1.I. The Morgan fingerprint density at radius 1 is 1.23 bits per heavy atom. The summed E-state index contributed by atoms with van der Waals surface area (Å²) < 4.78 is 7.44. The van der Waals surface area contributed by atoms with Crippen LogP contribution in [0.15, 0.2) is 58.4 Å². The third-order valence-corrected chi connectivity index (χ3v) is 5.38. The van der Waals surface area contributed by atoms with Crippen LogP contribution in [0.25, 0.3) is 0 Å². The number of nitrogens with zero attached hydrogens (tertiary/aromatic N) is 5. The molecule has 9 heteroatoms. The summed E-state index contributed by atoms with van der Waals surface area (Å²) in [6.07, 6.45) is 5.30. The van der Waals surface area contributed by atoms with E-state index in [1.165, 1.54) is 11.1 Å². The minimum atomic E-state index is 0. The van der Waals surface area contributed by atoms with Gasteiger partial charge in [-0.1, -0.05) is 24.3 Å². The lowest BCUT2D eigenvalue weighted by Crippen LogP contribution is -2.46. The largest absolute Gasteiger partial charge is 0.468 e. The number of hydrogen-bond acceptors (Lipinski definition) is 5. The monoisotopic (exact) mass is 535 g/mol. The summed E-state index contributed by atoms with van der Waals surface area (Å²) in [4.78, 5) is 11.0. The summed E-state index contributed by atoms with van der Waals surface area (Å²) in [5.41, 5.74) is 2.55. The third-order valence-electron chi connectivity index (χ3n) is 5.38. The lowest BCUT2D eigenvalue weighted by atomic mass is 10.1. The molecule has 4 rings (SSSR count). The van der Waals surface area contributed by atoms with Gasteiger partial charge in [0.05, 0.1) is 19.4 Å². The molecule has 0 amide bonds. The van der Waals surface area contributed by atoms with Crippen molar-refractivity contribution in [2.75, 3.05) is 14.1 Å². The lowest BCUT2D eigenvalue weighted by molar-refractivity contribution is 0.287. The first-order chi connectivity index (χ1) is 14.7. The van der Waals surface area contributed by atoms with Crippen molar-refractivity contribution in [1.29, 1.82) is 0 Å². The topological polar surface area (TPSA) is 83.5 Å². The van der Waals surface area contributed by atoms with Crippen molar-refractivity contribution in [3.8, 4) is 0 Å². The highest BCUT2D eigenvalue weighted by atomic mass is 127. The van der Waals surface area contributed by atoms with Crippen molar-refractivity contribution in [2.45, 2.75) is 45.1 Å². The summed E-state index contributed by atoms with van der Waals surface area (Å²) in [7, 11) is 3.91. The number of guanidine groups is 1. The minimum Gasteiger partial charge on any atom is -0.468 e. The molecule has 2 aromatic heterocycles. The van der Waals surface area contributed by atoms with Crippen LogP contribution in [0.1, 0.15) is 29.1 Å².